The molecule has 0 aliphatic carbocycles. The van der Waals surface area contributed by atoms with Crippen LogP contribution in [0.3, 0.4) is 0 Å². The lowest BCUT2D eigenvalue weighted by atomic mass is 10.1. The van der Waals surface area contributed by atoms with Crippen molar-refractivity contribution >= 4 is 37.6 Å². The molecule has 106 valence electrons. The number of hydrogen-bond acceptors (Lipinski definition) is 3. The zero-order valence-corrected chi connectivity index (χ0v) is 14.5. The molecule has 2 rings (SSSR count). The highest BCUT2D eigenvalue weighted by molar-refractivity contribution is 9.10. The van der Waals surface area contributed by atoms with Gasteiger partial charge in [-0.2, -0.15) is 5.10 Å². The van der Waals surface area contributed by atoms with Gasteiger partial charge in [-0.15, -0.1) is 0 Å². The van der Waals surface area contributed by atoms with Crippen molar-refractivity contribution in [3.8, 4) is 5.75 Å². The average molecular weight is 402 g/mol. The van der Waals surface area contributed by atoms with Crippen molar-refractivity contribution in [3.05, 3.63) is 44.6 Å². The third kappa shape index (κ3) is 2.81. The molecule has 0 radical (unpaired) electrons. The summed E-state index contributed by atoms with van der Waals surface area (Å²) in [6.07, 6.45) is 1.64. The minimum atomic E-state index is -0.103. The van der Waals surface area contributed by atoms with Gasteiger partial charge in [0.25, 0.3) is 0 Å². The number of ether oxygens (including phenoxy) is 1. The van der Waals surface area contributed by atoms with Crippen LogP contribution in [0.4, 0.5) is 0 Å². The van der Waals surface area contributed by atoms with Gasteiger partial charge in [0.2, 0.25) is 5.78 Å². The monoisotopic (exact) mass is 400 g/mol. The second-order valence-corrected chi connectivity index (χ2v) is 6.26. The number of benzene rings is 1. The van der Waals surface area contributed by atoms with E-state index in [9.17, 15) is 4.79 Å². The molecule has 0 aliphatic heterocycles. The second kappa shape index (κ2) is 6.10. The third-order valence-corrected chi connectivity index (χ3v) is 4.14. The Hall–Kier alpha value is -1.14. The molecule has 0 bridgehead atoms. The van der Waals surface area contributed by atoms with Gasteiger partial charge < -0.3 is 4.74 Å². The Kier molecular flexibility index (Phi) is 4.65. The Bertz CT molecular complexity index is 651. The molecular formula is C14H14Br2N2O2. The number of carbonyl (C=O) groups is 1. The molecule has 1 aromatic heterocycles. The summed E-state index contributed by atoms with van der Waals surface area (Å²) in [4.78, 5) is 12.8. The largest absolute Gasteiger partial charge is 0.497 e. The van der Waals surface area contributed by atoms with Gasteiger partial charge in [0.15, 0.2) is 0 Å². The quantitative estimate of drug-likeness (QED) is 0.720. The first-order valence-electron chi connectivity index (χ1n) is 6.07. The molecule has 0 spiro atoms. The Morgan fingerprint density at radius 3 is 2.60 bits per heavy atom. The Morgan fingerprint density at radius 1 is 1.30 bits per heavy atom. The van der Waals surface area contributed by atoms with Crippen molar-refractivity contribution in [1.82, 2.24) is 9.78 Å². The number of ketones is 1. The minimum Gasteiger partial charge on any atom is -0.497 e. The maximum atomic E-state index is 12.8. The molecule has 1 aromatic carbocycles. The van der Waals surface area contributed by atoms with Crippen LogP contribution >= 0.6 is 31.9 Å². The highest BCUT2D eigenvalue weighted by Crippen LogP contribution is 2.28. The van der Waals surface area contributed by atoms with Crippen molar-refractivity contribution in [2.24, 2.45) is 0 Å². The number of halogens is 2. The molecule has 0 saturated carbocycles. The van der Waals surface area contributed by atoms with Crippen molar-refractivity contribution in [2.75, 3.05) is 7.11 Å². The van der Waals surface area contributed by atoms with Gasteiger partial charge in [-0.25, -0.2) is 0 Å². The predicted octanol–water partition coefficient (Wildman–Crippen LogP) is 4.23. The first-order chi connectivity index (χ1) is 9.45. The van der Waals surface area contributed by atoms with E-state index in [4.69, 9.17) is 4.74 Å². The van der Waals surface area contributed by atoms with Gasteiger partial charge >= 0.3 is 0 Å². The maximum absolute atomic E-state index is 12.8. The van der Waals surface area contributed by atoms with Gasteiger partial charge in [-0.05, 0) is 48.0 Å². The van der Waals surface area contributed by atoms with E-state index in [0.29, 0.717) is 21.5 Å². The average Bonchev–Trinajstić information content (AvgIpc) is 2.80. The SMILES string of the molecule is COc1ccc(Br)c(C(=O)c2c(Br)cnn2C(C)C)c1. The van der Waals surface area contributed by atoms with Crippen LogP contribution in [0.2, 0.25) is 0 Å². The third-order valence-electron chi connectivity index (χ3n) is 2.87. The summed E-state index contributed by atoms with van der Waals surface area (Å²) in [5.41, 5.74) is 1.08. The molecule has 6 heteroatoms. The molecule has 2 aromatic rings. The molecule has 0 atom stereocenters. The van der Waals surface area contributed by atoms with Gasteiger partial charge in [0.05, 0.1) is 17.8 Å². The number of rotatable bonds is 4. The van der Waals surface area contributed by atoms with Crippen molar-refractivity contribution < 1.29 is 9.53 Å². The lowest BCUT2D eigenvalue weighted by Crippen LogP contribution is -2.14. The van der Waals surface area contributed by atoms with Crippen LogP contribution in [0, 0.1) is 0 Å². The van der Waals surface area contributed by atoms with E-state index >= 15 is 0 Å². The lowest BCUT2D eigenvalue weighted by Gasteiger charge is -2.12. The van der Waals surface area contributed by atoms with Crippen LogP contribution in [-0.2, 0) is 0 Å². The van der Waals surface area contributed by atoms with Crippen LogP contribution in [0.15, 0.2) is 33.3 Å². The molecule has 0 N–H and O–H groups in total. The van der Waals surface area contributed by atoms with Crippen LogP contribution in [0.5, 0.6) is 5.75 Å². The Labute approximate surface area is 134 Å². The summed E-state index contributed by atoms with van der Waals surface area (Å²) >= 11 is 6.80. The molecular weight excluding hydrogens is 388 g/mol. The summed E-state index contributed by atoms with van der Waals surface area (Å²) < 4.78 is 8.30. The Balaban J connectivity index is 2.54. The lowest BCUT2D eigenvalue weighted by molar-refractivity contribution is 0.102. The van der Waals surface area contributed by atoms with E-state index in [2.05, 4.69) is 37.0 Å². The topological polar surface area (TPSA) is 44.1 Å². The van der Waals surface area contributed by atoms with E-state index in [1.54, 1.807) is 36.2 Å². The van der Waals surface area contributed by atoms with Crippen LogP contribution in [-0.4, -0.2) is 22.7 Å². The molecule has 0 amide bonds. The summed E-state index contributed by atoms with van der Waals surface area (Å²) in [7, 11) is 1.58. The molecule has 4 nitrogen and oxygen atoms in total. The highest BCUT2D eigenvalue weighted by atomic mass is 79.9. The maximum Gasteiger partial charge on any atom is 0.213 e. The fraction of sp³-hybridized carbons (Fsp3) is 0.286. The molecule has 0 unspecified atom stereocenters. The summed E-state index contributed by atoms with van der Waals surface area (Å²) in [5.74, 6) is 0.539. The first-order valence-corrected chi connectivity index (χ1v) is 7.65. The number of hydrogen-bond donors (Lipinski definition) is 0. The number of nitrogens with zero attached hydrogens (tertiary/aromatic N) is 2. The van der Waals surface area contributed by atoms with Gasteiger partial charge in [-0.1, -0.05) is 15.9 Å². The number of aromatic nitrogens is 2. The first kappa shape index (κ1) is 15.3. The smallest absolute Gasteiger partial charge is 0.213 e. The van der Waals surface area contributed by atoms with Crippen LogP contribution in [0.1, 0.15) is 35.9 Å². The molecule has 20 heavy (non-hydrogen) atoms. The van der Waals surface area contributed by atoms with Gasteiger partial charge in [0, 0.05) is 16.1 Å². The zero-order chi connectivity index (χ0) is 14.9. The second-order valence-electron chi connectivity index (χ2n) is 4.55. The van der Waals surface area contributed by atoms with Crippen molar-refractivity contribution in [3.63, 3.8) is 0 Å². The summed E-state index contributed by atoms with van der Waals surface area (Å²) in [6, 6.07) is 5.42. The van der Waals surface area contributed by atoms with E-state index in [1.165, 1.54) is 0 Å². The highest BCUT2D eigenvalue weighted by Gasteiger charge is 2.22. The molecule has 0 fully saturated rings. The van der Waals surface area contributed by atoms with Crippen LogP contribution < -0.4 is 4.74 Å². The fourth-order valence-electron chi connectivity index (χ4n) is 1.88. The van der Waals surface area contributed by atoms with Gasteiger partial charge in [0.1, 0.15) is 11.4 Å². The molecule has 0 saturated heterocycles. The Morgan fingerprint density at radius 2 is 2.00 bits per heavy atom. The summed E-state index contributed by atoms with van der Waals surface area (Å²) in [5, 5.41) is 4.24. The standard InChI is InChI=1S/C14H14Br2N2O2/c1-8(2)18-13(12(16)7-17-18)14(19)10-6-9(20-3)4-5-11(10)15/h4-8H,1-3H3. The van der Waals surface area contributed by atoms with Gasteiger partial charge in [-0.3, -0.25) is 9.48 Å². The molecule has 0 aliphatic rings. The van der Waals surface area contributed by atoms with Crippen LogP contribution in [0.25, 0.3) is 0 Å². The van der Waals surface area contributed by atoms with E-state index in [-0.39, 0.29) is 11.8 Å². The fourth-order valence-corrected chi connectivity index (χ4v) is 2.76. The summed E-state index contributed by atoms with van der Waals surface area (Å²) in [6.45, 7) is 3.97. The molecule has 1 heterocycles. The number of carbonyl (C=O) groups excluding carboxylic acids is 1. The van der Waals surface area contributed by atoms with E-state index in [0.717, 1.165) is 4.47 Å². The zero-order valence-electron chi connectivity index (χ0n) is 11.4. The number of methoxy groups -OCH3 is 1. The predicted molar refractivity (Wildman–Crippen MR) is 84.4 cm³/mol. The van der Waals surface area contributed by atoms with Crippen molar-refractivity contribution in [2.45, 2.75) is 19.9 Å². The normalized spacial score (nSPS) is 10.9. The van der Waals surface area contributed by atoms with E-state index in [1.807, 2.05) is 13.8 Å². The van der Waals surface area contributed by atoms with E-state index < -0.39 is 0 Å². The minimum absolute atomic E-state index is 0.102. The van der Waals surface area contributed by atoms with Crippen molar-refractivity contribution in [1.29, 1.82) is 0 Å².